The number of benzene rings is 1. The summed E-state index contributed by atoms with van der Waals surface area (Å²) in [6.45, 7) is -0.400. The molecule has 12 heteroatoms. The van der Waals surface area contributed by atoms with Crippen LogP contribution in [-0.4, -0.2) is 31.4 Å². The summed E-state index contributed by atoms with van der Waals surface area (Å²) in [6.07, 6.45) is 1.43. The Morgan fingerprint density at radius 1 is 1.25 bits per heavy atom. The molecule has 4 rings (SSSR count). The zero-order valence-electron chi connectivity index (χ0n) is 15.0. The molecule has 0 fully saturated rings. The molecule has 0 saturated heterocycles. The number of hydrogen-bond acceptors (Lipinski definition) is 7. The van der Waals surface area contributed by atoms with Crippen molar-refractivity contribution in [3.8, 4) is 11.5 Å². The first-order chi connectivity index (χ1) is 12.9. The average Bonchev–Trinajstić information content (AvgIpc) is 3.23. The Labute approximate surface area is 163 Å². The van der Waals surface area contributed by atoms with Crippen molar-refractivity contribution in [1.29, 1.82) is 0 Å². The van der Waals surface area contributed by atoms with E-state index in [1.807, 2.05) is 0 Å². The highest BCUT2D eigenvalue weighted by molar-refractivity contribution is 5.94. The third-order valence-electron chi connectivity index (χ3n) is 4.32. The number of halogens is 1. The molecule has 28 heavy (non-hydrogen) atoms. The highest BCUT2D eigenvalue weighted by Crippen LogP contribution is 2.38. The van der Waals surface area contributed by atoms with E-state index in [0.29, 0.717) is 17.2 Å². The normalized spacial score (nSPS) is 12.1. The number of nitrogens with one attached hydrogen (secondary N) is 1. The lowest BCUT2D eigenvalue weighted by Gasteiger charge is -2.11. The molecule has 0 radical (unpaired) electrons. The van der Waals surface area contributed by atoms with E-state index in [4.69, 9.17) is 15.2 Å². The minimum absolute atomic E-state index is 0. The van der Waals surface area contributed by atoms with Gasteiger partial charge in [0.25, 0.3) is 5.56 Å². The third kappa shape index (κ3) is 2.95. The molecule has 0 unspecified atom stereocenters. The molecule has 1 aliphatic rings. The van der Waals surface area contributed by atoms with Gasteiger partial charge in [-0.05, 0) is 0 Å². The van der Waals surface area contributed by atoms with Crippen LogP contribution >= 0.6 is 12.4 Å². The molecular formula is C16H17ClN6O5. The summed E-state index contributed by atoms with van der Waals surface area (Å²) in [6, 6.07) is 3.06. The van der Waals surface area contributed by atoms with Crippen LogP contribution in [0.4, 0.5) is 11.4 Å². The quantitative estimate of drug-likeness (QED) is 0.573. The number of nitrogens with two attached hydrogens (primary N) is 1. The molecule has 148 valence electrons. The van der Waals surface area contributed by atoms with Gasteiger partial charge in [0.15, 0.2) is 22.7 Å². The minimum atomic E-state index is -0.639. The molecule has 11 nitrogen and oxygen atoms in total. The predicted octanol–water partition coefficient (Wildman–Crippen LogP) is -0.195. The van der Waals surface area contributed by atoms with E-state index >= 15 is 0 Å². The van der Waals surface area contributed by atoms with Crippen LogP contribution in [0, 0.1) is 0 Å². The Morgan fingerprint density at radius 3 is 2.64 bits per heavy atom. The van der Waals surface area contributed by atoms with Crippen molar-refractivity contribution in [1.82, 2.24) is 18.7 Å². The summed E-state index contributed by atoms with van der Waals surface area (Å²) in [5, 5.41) is 2.59. The number of rotatable bonds is 3. The monoisotopic (exact) mass is 408 g/mol. The van der Waals surface area contributed by atoms with Crippen LogP contribution in [0.25, 0.3) is 11.2 Å². The van der Waals surface area contributed by atoms with Crippen molar-refractivity contribution in [2.24, 2.45) is 14.1 Å². The predicted molar refractivity (Wildman–Crippen MR) is 103 cm³/mol. The van der Waals surface area contributed by atoms with Crippen molar-refractivity contribution in [3.63, 3.8) is 0 Å². The largest absolute Gasteiger partial charge is 0.454 e. The highest BCUT2D eigenvalue weighted by atomic mass is 35.5. The standard InChI is InChI=1S/C16H16N6O5.ClH/c1-20-6-18-14-13(20)15(24)22(16(25)21(14)2)5-12(23)19-9-4-11-10(3-8(9)17)26-7-27-11;/h3-4,6H,5,7,17H2,1-2H3,(H,19,23);1H. The van der Waals surface area contributed by atoms with Crippen LogP contribution in [-0.2, 0) is 25.4 Å². The number of nitrogens with zero attached hydrogens (tertiary/aromatic N) is 4. The number of aryl methyl sites for hydroxylation is 2. The van der Waals surface area contributed by atoms with Crippen molar-refractivity contribution >= 4 is 40.9 Å². The third-order valence-corrected chi connectivity index (χ3v) is 4.32. The van der Waals surface area contributed by atoms with Crippen molar-refractivity contribution in [3.05, 3.63) is 39.3 Å². The second-order valence-corrected chi connectivity index (χ2v) is 6.10. The summed E-state index contributed by atoms with van der Waals surface area (Å²) >= 11 is 0. The van der Waals surface area contributed by atoms with E-state index in [2.05, 4.69) is 10.3 Å². The maximum Gasteiger partial charge on any atom is 0.332 e. The van der Waals surface area contributed by atoms with Gasteiger partial charge < -0.3 is 25.1 Å². The van der Waals surface area contributed by atoms with Crippen molar-refractivity contribution in [2.45, 2.75) is 6.54 Å². The van der Waals surface area contributed by atoms with E-state index in [-0.39, 0.29) is 36.1 Å². The summed E-state index contributed by atoms with van der Waals surface area (Å²) in [4.78, 5) is 41.6. The van der Waals surface area contributed by atoms with E-state index < -0.39 is 23.7 Å². The first-order valence-electron chi connectivity index (χ1n) is 7.96. The molecule has 0 bridgehead atoms. The molecule has 3 heterocycles. The average molecular weight is 409 g/mol. The second kappa shape index (κ2) is 6.93. The molecule has 1 aromatic carbocycles. The molecule has 1 aliphatic heterocycles. The Balaban J connectivity index is 0.00000225. The number of carbonyl (C=O) groups is 1. The Kier molecular flexibility index (Phi) is 4.77. The highest BCUT2D eigenvalue weighted by Gasteiger charge is 2.20. The fourth-order valence-corrected chi connectivity index (χ4v) is 2.93. The van der Waals surface area contributed by atoms with Gasteiger partial charge in [0.1, 0.15) is 6.54 Å². The topological polar surface area (TPSA) is 135 Å². The van der Waals surface area contributed by atoms with E-state index in [0.717, 1.165) is 4.57 Å². The molecule has 1 amide bonds. The van der Waals surface area contributed by atoms with Crippen LogP contribution in [0.5, 0.6) is 11.5 Å². The molecule has 3 N–H and O–H groups in total. The number of nitrogen functional groups attached to an aromatic ring is 1. The molecule has 0 spiro atoms. The Morgan fingerprint density at radius 2 is 1.93 bits per heavy atom. The van der Waals surface area contributed by atoms with Gasteiger partial charge in [0.2, 0.25) is 12.7 Å². The second-order valence-electron chi connectivity index (χ2n) is 6.10. The summed E-state index contributed by atoms with van der Waals surface area (Å²) in [5.41, 5.74) is 5.73. The van der Waals surface area contributed by atoms with Gasteiger partial charge in [0, 0.05) is 26.2 Å². The van der Waals surface area contributed by atoms with E-state index in [1.54, 1.807) is 7.05 Å². The number of carbonyl (C=O) groups excluding carboxylic acids is 1. The van der Waals surface area contributed by atoms with Gasteiger partial charge in [-0.15, -0.1) is 12.4 Å². The lowest BCUT2D eigenvalue weighted by atomic mass is 10.2. The Hall–Kier alpha value is -3.47. The Bertz CT molecular complexity index is 1210. The number of ether oxygens (including phenoxy) is 2. The van der Waals surface area contributed by atoms with Crippen LogP contribution in [0.2, 0.25) is 0 Å². The van der Waals surface area contributed by atoms with Crippen molar-refractivity contribution < 1.29 is 14.3 Å². The fourth-order valence-electron chi connectivity index (χ4n) is 2.93. The van der Waals surface area contributed by atoms with Crippen LogP contribution < -0.4 is 31.8 Å². The number of amides is 1. The van der Waals surface area contributed by atoms with Gasteiger partial charge >= 0.3 is 5.69 Å². The first kappa shape index (κ1) is 19.3. The van der Waals surface area contributed by atoms with Gasteiger partial charge in [-0.25, -0.2) is 14.3 Å². The first-order valence-corrected chi connectivity index (χ1v) is 7.96. The zero-order valence-corrected chi connectivity index (χ0v) is 15.8. The van der Waals surface area contributed by atoms with Crippen LogP contribution in [0.1, 0.15) is 0 Å². The lowest BCUT2D eigenvalue weighted by molar-refractivity contribution is -0.116. The fraction of sp³-hybridized carbons (Fsp3) is 0.250. The van der Waals surface area contributed by atoms with E-state index in [1.165, 1.54) is 34.6 Å². The number of aromatic nitrogens is 4. The number of hydrogen-bond donors (Lipinski definition) is 2. The number of fused-ring (bicyclic) bond motifs is 2. The van der Waals surface area contributed by atoms with Gasteiger partial charge in [0.05, 0.1) is 17.7 Å². The van der Waals surface area contributed by atoms with Crippen LogP contribution in [0.3, 0.4) is 0 Å². The smallest absolute Gasteiger partial charge is 0.332 e. The molecule has 0 aliphatic carbocycles. The lowest BCUT2D eigenvalue weighted by Crippen LogP contribution is -2.42. The molecule has 2 aromatic heterocycles. The molecule has 3 aromatic rings. The maximum absolute atomic E-state index is 12.6. The van der Waals surface area contributed by atoms with Gasteiger partial charge in [-0.2, -0.15) is 0 Å². The summed E-state index contributed by atoms with van der Waals surface area (Å²) < 4.78 is 14.0. The minimum Gasteiger partial charge on any atom is -0.454 e. The van der Waals surface area contributed by atoms with Gasteiger partial charge in [-0.1, -0.05) is 0 Å². The van der Waals surface area contributed by atoms with E-state index in [9.17, 15) is 14.4 Å². The van der Waals surface area contributed by atoms with Gasteiger partial charge in [-0.3, -0.25) is 14.2 Å². The molecule has 0 saturated carbocycles. The maximum atomic E-state index is 12.6. The summed E-state index contributed by atoms with van der Waals surface area (Å²) in [7, 11) is 3.13. The SMILES string of the molecule is Cl.Cn1cnc2c1c(=O)n(CC(=O)Nc1cc3c(cc1N)OCO3)c(=O)n2C. The number of anilines is 2. The van der Waals surface area contributed by atoms with Crippen LogP contribution in [0.15, 0.2) is 28.0 Å². The molecular weight excluding hydrogens is 392 g/mol. The zero-order chi connectivity index (χ0) is 19.3. The molecule has 0 atom stereocenters. The van der Waals surface area contributed by atoms with Crippen molar-refractivity contribution in [2.75, 3.05) is 17.8 Å². The number of imidazole rings is 1. The summed E-state index contributed by atoms with van der Waals surface area (Å²) in [5.74, 6) is 0.349.